The molecule has 0 saturated carbocycles. The topological polar surface area (TPSA) is 111 Å². The summed E-state index contributed by atoms with van der Waals surface area (Å²) in [6.07, 6.45) is 6.93. The van der Waals surface area contributed by atoms with Gasteiger partial charge in [0.15, 0.2) is 5.82 Å². The Kier molecular flexibility index (Phi) is 6.14. The number of thiophene rings is 1. The van der Waals surface area contributed by atoms with E-state index in [2.05, 4.69) is 9.97 Å². The molecule has 166 valence electrons. The summed E-state index contributed by atoms with van der Waals surface area (Å²) in [6.45, 7) is 4.34. The molecule has 0 amide bonds. The van der Waals surface area contributed by atoms with Crippen molar-refractivity contribution in [2.75, 3.05) is 18.8 Å². The molecule has 3 heterocycles. The lowest BCUT2D eigenvalue weighted by Crippen LogP contribution is -2.32. The van der Waals surface area contributed by atoms with E-state index in [1.165, 1.54) is 50.5 Å². The van der Waals surface area contributed by atoms with E-state index in [-0.39, 0.29) is 17.0 Å². The van der Waals surface area contributed by atoms with E-state index >= 15 is 0 Å². The highest BCUT2D eigenvalue weighted by Gasteiger charge is 2.23. The van der Waals surface area contributed by atoms with E-state index in [0.717, 1.165) is 29.5 Å². The minimum atomic E-state index is -3.67. The summed E-state index contributed by atoms with van der Waals surface area (Å²) < 4.78 is 28.4. The highest BCUT2D eigenvalue weighted by molar-refractivity contribution is 7.89. The van der Waals surface area contributed by atoms with Crippen molar-refractivity contribution in [2.45, 2.75) is 57.4 Å². The molecule has 3 aromatic rings. The molecule has 0 aromatic carbocycles. The number of pyridine rings is 1. The first kappa shape index (κ1) is 21.9. The molecule has 8 nitrogen and oxygen atoms in total. The Bertz CT molecular complexity index is 1280. The highest BCUT2D eigenvalue weighted by atomic mass is 32.2. The molecule has 1 aliphatic rings. The molecule has 0 bridgehead atoms. The molecule has 3 aromatic heterocycles. The van der Waals surface area contributed by atoms with Gasteiger partial charge in [-0.3, -0.25) is 4.79 Å². The molecule has 31 heavy (non-hydrogen) atoms. The van der Waals surface area contributed by atoms with E-state index in [9.17, 15) is 13.2 Å². The summed E-state index contributed by atoms with van der Waals surface area (Å²) in [5.41, 5.74) is 7.26. The van der Waals surface area contributed by atoms with Gasteiger partial charge in [-0.15, -0.1) is 11.3 Å². The van der Waals surface area contributed by atoms with Crippen LogP contribution in [0, 0.1) is 0 Å². The molecule has 1 aliphatic carbocycles. The maximum Gasteiger partial charge on any atom is 0.251 e. The molecule has 0 fully saturated rings. The largest absolute Gasteiger partial charge is 0.383 e. The minimum Gasteiger partial charge on any atom is -0.383 e. The van der Waals surface area contributed by atoms with Gasteiger partial charge in [0, 0.05) is 30.2 Å². The fraction of sp³-hybridized carbons (Fsp3) is 0.476. The van der Waals surface area contributed by atoms with Gasteiger partial charge in [-0.1, -0.05) is 20.3 Å². The lowest BCUT2D eigenvalue weighted by molar-refractivity contribution is 0.444. The van der Waals surface area contributed by atoms with Gasteiger partial charge in [-0.05, 0) is 37.3 Å². The number of nitrogen functional groups attached to an aromatic ring is 1. The van der Waals surface area contributed by atoms with Crippen LogP contribution in [-0.4, -0.2) is 40.3 Å². The molecule has 2 N–H and O–H groups in total. The summed E-state index contributed by atoms with van der Waals surface area (Å²) in [7, 11) is -3.67. The quantitative estimate of drug-likeness (QED) is 0.565. The summed E-state index contributed by atoms with van der Waals surface area (Å²) in [4.78, 5) is 23.8. The second-order valence-electron chi connectivity index (χ2n) is 7.69. The summed E-state index contributed by atoms with van der Waals surface area (Å²) in [5.74, 6) is 0.834. The van der Waals surface area contributed by atoms with Crippen molar-refractivity contribution in [2.24, 2.45) is 0 Å². The second kappa shape index (κ2) is 8.68. The van der Waals surface area contributed by atoms with Crippen LogP contribution in [0.15, 0.2) is 28.0 Å². The Hall–Kier alpha value is -2.30. The second-order valence-corrected chi connectivity index (χ2v) is 10.7. The van der Waals surface area contributed by atoms with Crippen LogP contribution in [0.1, 0.15) is 49.4 Å². The van der Waals surface area contributed by atoms with E-state index in [1.54, 1.807) is 25.2 Å². The van der Waals surface area contributed by atoms with Gasteiger partial charge >= 0.3 is 0 Å². The fourth-order valence-electron chi connectivity index (χ4n) is 4.13. The Morgan fingerprint density at radius 2 is 1.87 bits per heavy atom. The van der Waals surface area contributed by atoms with Crippen molar-refractivity contribution < 1.29 is 8.42 Å². The zero-order valence-corrected chi connectivity index (χ0v) is 19.4. The lowest BCUT2D eigenvalue weighted by atomic mass is 10.1. The minimum absolute atomic E-state index is 0.0587. The van der Waals surface area contributed by atoms with Crippen LogP contribution in [0.2, 0.25) is 0 Å². The molecular weight excluding hydrogens is 434 g/mol. The van der Waals surface area contributed by atoms with Gasteiger partial charge in [-0.2, -0.15) is 4.31 Å². The van der Waals surface area contributed by atoms with Crippen LogP contribution < -0.4 is 11.3 Å². The number of nitrogens with two attached hydrogens (primary N) is 1. The highest BCUT2D eigenvalue weighted by Crippen LogP contribution is 2.37. The molecule has 0 atom stereocenters. The smallest absolute Gasteiger partial charge is 0.251 e. The Balaban J connectivity index is 1.72. The van der Waals surface area contributed by atoms with Crippen molar-refractivity contribution in [3.05, 3.63) is 44.9 Å². The Morgan fingerprint density at radius 3 is 2.61 bits per heavy atom. The third-order valence-electron chi connectivity index (χ3n) is 5.75. The Labute approximate surface area is 185 Å². The predicted octanol–water partition coefficient (Wildman–Crippen LogP) is 2.78. The SMILES string of the molecule is CCN(CC)S(=O)(=O)c1ccc(=O)n(Cc2nc(N)c3c4c(sc3n2)CCCCC4)c1. The third kappa shape index (κ3) is 4.11. The van der Waals surface area contributed by atoms with Crippen molar-refractivity contribution in [1.29, 1.82) is 0 Å². The van der Waals surface area contributed by atoms with E-state index in [1.807, 2.05) is 0 Å². The average molecular weight is 462 g/mol. The number of sulfonamides is 1. The molecule has 0 spiro atoms. The number of anilines is 1. The molecule has 4 rings (SSSR count). The van der Waals surface area contributed by atoms with E-state index in [0.29, 0.717) is 24.7 Å². The zero-order chi connectivity index (χ0) is 22.2. The molecular formula is C21H27N5O3S2. The van der Waals surface area contributed by atoms with Crippen LogP contribution in [0.4, 0.5) is 5.82 Å². The van der Waals surface area contributed by atoms with Crippen molar-refractivity contribution in [3.63, 3.8) is 0 Å². The van der Waals surface area contributed by atoms with Crippen LogP contribution in [0.25, 0.3) is 10.2 Å². The first-order chi connectivity index (χ1) is 14.8. The van der Waals surface area contributed by atoms with Gasteiger partial charge in [0.2, 0.25) is 10.0 Å². The van der Waals surface area contributed by atoms with E-state index < -0.39 is 10.0 Å². The third-order valence-corrected chi connectivity index (χ3v) is 8.97. The zero-order valence-electron chi connectivity index (χ0n) is 17.8. The van der Waals surface area contributed by atoms with Crippen LogP contribution >= 0.6 is 11.3 Å². The van der Waals surface area contributed by atoms with Crippen LogP contribution in [0.5, 0.6) is 0 Å². The molecule has 10 heteroatoms. The molecule has 0 radical (unpaired) electrons. The number of rotatable bonds is 6. The number of fused-ring (bicyclic) bond motifs is 3. The van der Waals surface area contributed by atoms with Crippen molar-refractivity contribution >= 4 is 37.4 Å². The first-order valence-corrected chi connectivity index (χ1v) is 12.9. The number of aromatic nitrogens is 3. The molecule has 0 unspecified atom stereocenters. The normalized spacial score (nSPS) is 14.7. The number of nitrogens with zero attached hydrogens (tertiary/aromatic N) is 4. The Morgan fingerprint density at radius 1 is 1.13 bits per heavy atom. The number of aryl methyl sites for hydroxylation is 2. The number of hydrogen-bond donors (Lipinski definition) is 1. The molecule has 0 saturated heterocycles. The van der Waals surface area contributed by atoms with Crippen LogP contribution in [-0.2, 0) is 29.4 Å². The average Bonchev–Trinajstić information content (AvgIpc) is 2.92. The van der Waals surface area contributed by atoms with Gasteiger partial charge < -0.3 is 10.3 Å². The summed E-state index contributed by atoms with van der Waals surface area (Å²) in [6, 6.07) is 2.62. The molecule has 0 aliphatic heterocycles. The van der Waals surface area contributed by atoms with Crippen molar-refractivity contribution in [1.82, 2.24) is 18.8 Å². The van der Waals surface area contributed by atoms with Gasteiger partial charge in [0.25, 0.3) is 5.56 Å². The van der Waals surface area contributed by atoms with E-state index in [4.69, 9.17) is 5.73 Å². The fourth-order valence-corrected chi connectivity index (χ4v) is 6.90. The maximum atomic E-state index is 12.8. The van der Waals surface area contributed by atoms with Gasteiger partial charge in [0.1, 0.15) is 10.6 Å². The lowest BCUT2D eigenvalue weighted by Gasteiger charge is -2.19. The van der Waals surface area contributed by atoms with Gasteiger partial charge in [-0.25, -0.2) is 18.4 Å². The van der Waals surface area contributed by atoms with Crippen LogP contribution in [0.3, 0.4) is 0 Å². The first-order valence-electron chi connectivity index (χ1n) is 10.6. The van der Waals surface area contributed by atoms with Crippen molar-refractivity contribution in [3.8, 4) is 0 Å². The maximum absolute atomic E-state index is 12.8. The summed E-state index contributed by atoms with van der Waals surface area (Å²) >= 11 is 1.65. The standard InChI is InChI=1S/C21H27N5O3S2/c1-3-26(4-2)31(28,29)14-10-11-18(27)25(12-14)13-17-23-20(22)19-15-8-6-5-7-9-16(15)30-21(19)24-17/h10-12H,3-9,13H2,1-2H3,(H2,22,23,24). The summed E-state index contributed by atoms with van der Waals surface area (Å²) in [5, 5.41) is 0.941. The predicted molar refractivity (Wildman–Crippen MR) is 123 cm³/mol. The number of hydrogen-bond acceptors (Lipinski definition) is 7. The monoisotopic (exact) mass is 461 g/mol. The van der Waals surface area contributed by atoms with Gasteiger partial charge in [0.05, 0.1) is 16.8 Å².